The molecular weight excluding hydrogens is 286 g/mol. The Morgan fingerprint density at radius 3 is 2.38 bits per heavy atom. The van der Waals surface area contributed by atoms with Gasteiger partial charge in [0.05, 0.1) is 11.3 Å². The first-order valence-electron chi connectivity index (χ1n) is 7.30. The van der Waals surface area contributed by atoms with Crippen LogP contribution in [0.5, 0.6) is 0 Å². The summed E-state index contributed by atoms with van der Waals surface area (Å²) in [6.07, 6.45) is 5.93. The van der Waals surface area contributed by atoms with Crippen molar-refractivity contribution >= 4 is 23.6 Å². The molecule has 0 spiro atoms. The molecule has 1 aliphatic rings. The molecule has 1 aromatic carbocycles. The van der Waals surface area contributed by atoms with E-state index >= 15 is 0 Å². The van der Waals surface area contributed by atoms with Crippen LogP contribution < -0.4 is 0 Å². The third kappa shape index (κ3) is 4.49. The zero-order valence-corrected chi connectivity index (χ0v) is 13.1. The summed E-state index contributed by atoms with van der Waals surface area (Å²) in [4.78, 5) is 25.8. The average Bonchev–Trinajstić information content (AvgIpc) is 2.53. The van der Waals surface area contributed by atoms with Crippen molar-refractivity contribution in [2.24, 2.45) is 0 Å². The maximum atomic E-state index is 12.2. The second-order valence-electron chi connectivity index (χ2n) is 5.41. The molecule has 5 heteroatoms. The Labute approximate surface area is 129 Å². The molecule has 2 rings (SSSR count). The summed E-state index contributed by atoms with van der Waals surface area (Å²) < 4.78 is 0. The zero-order valence-electron chi connectivity index (χ0n) is 12.2. The number of thioether (sulfide) groups is 1. The van der Waals surface area contributed by atoms with Crippen LogP contribution in [0.15, 0.2) is 29.2 Å². The Morgan fingerprint density at radius 2 is 1.81 bits per heavy atom. The van der Waals surface area contributed by atoms with Gasteiger partial charge in [0.25, 0.3) is 0 Å². The number of rotatable bonds is 5. The van der Waals surface area contributed by atoms with Crippen LogP contribution in [-0.2, 0) is 4.79 Å². The van der Waals surface area contributed by atoms with Gasteiger partial charge in [0.1, 0.15) is 0 Å². The molecule has 0 bridgehead atoms. The van der Waals surface area contributed by atoms with Gasteiger partial charge < -0.3 is 10.0 Å². The van der Waals surface area contributed by atoms with Gasteiger partial charge in [0.2, 0.25) is 5.91 Å². The number of amides is 1. The lowest BCUT2D eigenvalue weighted by atomic mass is 9.94. The van der Waals surface area contributed by atoms with Gasteiger partial charge in [-0.15, -0.1) is 11.8 Å². The number of carboxylic acid groups (broad SMARTS) is 1. The largest absolute Gasteiger partial charge is 0.478 e. The van der Waals surface area contributed by atoms with Crippen LogP contribution >= 0.6 is 11.8 Å². The second-order valence-corrected chi connectivity index (χ2v) is 6.46. The fourth-order valence-electron chi connectivity index (χ4n) is 2.61. The number of carbonyl (C=O) groups excluding carboxylic acids is 1. The fourth-order valence-corrected chi connectivity index (χ4v) is 3.43. The van der Waals surface area contributed by atoms with Crippen molar-refractivity contribution in [2.75, 3.05) is 12.8 Å². The Kier molecular flexibility index (Phi) is 5.67. The number of hydrogen-bond donors (Lipinski definition) is 1. The highest BCUT2D eigenvalue weighted by molar-refractivity contribution is 8.00. The van der Waals surface area contributed by atoms with E-state index in [2.05, 4.69) is 0 Å². The highest BCUT2D eigenvalue weighted by Crippen LogP contribution is 2.24. The van der Waals surface area contributed by atoms with E-state index in [1.165, 1.54) is 31.0 Å². The van der Waals surface area contributed by atoms with Crippen LogP contribution in [0.2, 0.25) is 0 Å². The van der Waals surface area contributed by atoms with E-state index in [1.54, 1.807) is 24.3 Å². The minimum Gasteiger partial charge on any atom is -0.478 e. The summed E-state index contributed by atoms with van der Waals surface area (Å²) in [5, 5.41) is 8.84. The van der Waals surface area contributed by atoms with E-state index in [9.17, 15) is 9.59 Å². The van der Waals surface area contributed by atoms with Gasteiger partial charge in [-0.25, -0.2) is 4.79 Å². The summed E-state index contributed by atoms with van der Waals surface area (Å²) >= 11 is 1.46. The lowest BCUT2D eigenvalue weighted by Crippen LogP contribution is -2.39. The molecule has 0 heterocycles. The minimum atomic E-state index is -0.931. The lowest BCUT2D eigenvalue weighted by Gasteiger charge is -2.31. The van der Waals surface area contributed by atoms with Crippen LogP contribution in [0.3, 0.4) is 0 Å². The Hall–Kier alpha value is -1.49. The number of hydrogen-bond acceptors (Lipinski definition) is 3. The molecule has 1 saturated carbocycles. The molecule has 0 radical (unpaired) electrons. The Morgan fingerprint density at radius 1 is 1.19 bits per heavy atom. The van der Waals surface area contributed by atoms with Gasteiger partial charge >= 0.3 is 5.97 Å². The van der Waals surface area contributed by atoms with E-state index in [-0.39, 0.29) is 11.5 Å². The van der Waals surface area contributed by atoms with E-state index in [0.29, 0.717) is 11.8 Å². The molecule has 1 amide bonds. The second kappa shape index (κ2) is 7.50. The van der Waals surface area contributed by atoms with Crippen LogP contribution in [-0.4, -0.2) is 40.7 Å². The van der Waals surface area contributed by atoms with Crippen molar-refractivity contribution in [3.05, 3.63) is 29.8 Å². The molecule has 1 aliphatic carbocycles. The molecule has 114 valence electrons. The number of aromatic carboxylic acids is 1. The van der Waals surface area contributed by atoms with E-state index in [0.717, 1.165) is 17.7 Å². The van der Waals surface area contributed by atoms with Crippen molar-refractivity contribution in [1.82, 2.24) is 4.90 Å². The number of benzene rings is 1. The Bertz CT molecular complexity index is 495. The molecule has 4 nitrogen and oxygen atoms in total. The van der Waals surface area contributed by atoms with Gasteiger partial charge in [-0.2, -0.15) is 0 Å². The van der Waals surface area contributed by atoms with Gasteiger partial charge in [0, 0.05) is 18.0 Å². The first kappa shape index (κ1) is 15.9. The molecule has 1 N–H and O–H groups in total. The fraction of sp³-hybridized carbons (Fsp3) is 0.500. The van der Waals surface area contributed by atoms with Crippen molar-refractivity contribution in [3.8, 4) is 0 Å². The van der Waals surface area contributed by atoms with Crippen molar-refractivity contribution < 1.29 is 14.7 Å². The molecule has 0 atom stereocenters. The summed E-state index contributed by atoms with van der Waals surface area (Å²) in [5.41, 5.74) is 0.269. The monoisotopic (exact) mass is 307 g/mol. The molecular formula is C16H21NO3S. The summed E-state index contributed by atoms with van der Waals surface area (Å²) in [6.45, 7) is 0. The molecule has 0 unspecified atom stereocenters. The third-order valence-corrected chi connectivity index (χ3v) is 4.98. The first-order chi connectivity index (χ1) is 10.1. The van der Waals surface area contributed by atoms with Crippen molar-refractivity contribution in [3.63, 3.8) is 0 Å². The van der Waals surface area contributed by atoms with Gasteiger partial charge in [-0.05, 0) is 37.1 Å². The molecule has 1 aromatic rings. The van der Waals surface area contributed by atoms with Crippen molar-refractivity contribution in [1.29, 1.82) is 0 Å². The van der Waals surface area contributed by atoms with Crippen LogP contribution in [0.1, 0.15) is 42.5 Å². The molecule has 0 aromatic heterocycles. The normalized spacial score (nSPS) is 15.7. The first-order valence-corrected chi connectivity index (χ1v) is 8.28. The predicted molar refractivity (Wildman–Crippen MR) is 83.8 cm³/mol. The maximum absolute atomic E-state index is 12.2. The van der Waals surface area contributed by atoms with Gasteiger partial charge in [0.15, 0.2) is 0 Å². The van der Waals surface area contributed by atoms with Gasteiger partial charge in [-0.1, -0.05) is 19.3 Å². The van der Waals surface area contributed by atoms with E-state index in [4.69, 9.17) is 5.11 Å². The Balaban J connectivity index is 1.83. The van der Waals surface area contributed by atoms with Crippen LogP contribution in [0.4, 0.5) is 0 Å². The number of carbonyl (C=O) groups is 2. The molecule has 21 heavy (non-hydrogen) atoms. The quantitative estimate of drug-likeness (QED) is 0.848. The SMILES string of the molecule is CN(C(=O)CSc1ccc(C(=O)O)cc1)C1CCCCC1. The highest BCUT2D eigenvalue weighted by atomic mass is 32.2. The topological polar surface area (TPSA) is 57.6 Å². The maximum Gasteiger partial charge on any atom is 0.335 e. The van der Waals surface area contributed by atoms with Crippen LogP contribution in [0.25, 0.3) is 0 Å². The lowest BCUT2D eigenvalue weighted by molar-refractivity contribution is -0.129. The number of nitrogens with zero attached hydrogens (tertiary/aromatic N) is 1. The van der Waals surface area contributed by atoms with E-state index in [1.807, 2.05) is 11.9 Å². The van der Waals surface area contributed by atoms with Crippen LogP contribution in [0, 0.1) is 0 Å². The third-order valence-electron chi connectivity index (χ3n) is 3.98. The van der Waals surface area contributed by atoms with Crippen molar-refractivity contribution in [2.45, 2.75) is 43.0 Å². The summed E-state index contributed by atoms with van der Waals surface area (Å²) in [7, 11) is 1.90. The zero-order chi connectivity index (χ0) is 15.2. The summed E-state index contributed by atoms with van der Waals surface area (Å²) in [5.74, 6) is -0.381. The highest BCUT2D eigenvalue weighted by Gasteiger charge is 2.21. The molecule has 0 aliphatic heterocycles. The van der Waals surface area contributed by atoms with Gasteiger partial charge in [-0.3, -0.25) is 4.79 Å². The molecule has 1 fully saturated rings. The molecule has 0 saturated heterocycles. The smallest absolute Gasteiger partial charge is 0.335 e. The number of carboxylic acids is 1. The minimum absolute atomic E-state index is 0.147. The summed E-state index contributed by atoms with van der Waals surface area (Å²) in [6, 6.07) is 7.03. The average molecular weight is 307 g/mol. The standard InChI is InChI=1S/C16H21NO3S/c1-17(13-5-3-2-4-6-13)15(18)11-21-14-9-7-12(8-10-14)16(19)20/h7-10,13H,2-6,11H2,1H3,(H,19,20). The predicted octanol–water partition coefficient (Wildman–Crippen LogP) is 3.27. The van der Waals surface area contributed by atoms with E-state index < -0.39 is 5.97 Å².